The quantitative estimate of drug-likeness (QED) is 0.0352. The van der Waals surface area contributed by atoms with E-state index in [1.165, 1.54) is 42.4 Å². The first kappa shape index (κ1) is 90.8. The Kier molecular flexibility index (Phi) is 31.0. The standard InChI is InChI=1S/C31H32N6O5S.C30H29BrN6O4S.C30H29BrN6O3S/c1-36-28(18-32-30(39)22-9-15-25(42-4)16-10-22)33-34-31(36)43-19-29(38)37-27(21-7-13-24(41-3)14-8-21)17-26(35-37)20-5-11-23(40-2)12-6-20;1-36-27(17-32-29(39)23-6-4-5-7-26(23)41-3)33-34-30(36)42-18-28(38)37-25(20-10-14-22(40-2)15-11-20)16-24(35-37)19-8-12-21(31)13-9-19;1-19-4-6-21(7-5-19)26-16-25(20-8-12-23(31)13-9-20)35-37(26)28(38)18-41-30-34-33-27(36(30)2)17-32-29(39)22-10-14-24(40-3)15-11-22/h5-16,27H,17-19H2,1-4H3,(H,32,39);4-15,25H,16-18H2,1-3H3,(H,32,39);4-15,26H,16-18H2,1-3H3,(H,32,39). The van der Waals surface area contributed by atoms with Gasteiger partial charge in [-0.15, -0.1) is 30.6 Å². The van der Waals surface area contributed by atoms with E-state index in [0.717, 1.165) is 82.3 Å². The van der Waals surface area contributed by atoms with Gasteiger partial charge >= 0.3 is 0 Å². The highest BCUT2D eigenvalue weighted by Gasteiger charge is 2.37. The van der Waals surface area contributed by atoms with Crippen molar-refractivity contribution >= 4 is 120 Å². The molecule has 0 spiro atoms. The van der Waals surface area contributed by atoms with Crippen molar-refractivity contribution in [1.29, 1.82) is 0 Å². The highest BCUT2D eigenvalue weighted by molar-refractivity contribution is 9.10. The van der Waals surface area contributed by atoms with Gasteiger partial charge in [0.05, 0.1) is 120 Å². The summed E-state index contributed by atoms with van der Waals surface area (Å²) < 4.78 is 38.7. The van der Waals surface area contributed by atoms with Gasteiger partial charge in [-0.1, -0.05) is 158 Å². The van der Waals surface area contributed by atoms with Crippen molar-refractivity contribution in [2.24, 2.45) is 36.4 Å². The number of hydrogen-bond acceptors (Lipinski definition) is 24. The molecule has 3 atom stereocenters. The van der Waals surface area contributed by atoms with Crippen LogP contribution in [0.1, 0.15) is 125 Å². The smallest absolute Gasteiger partial charge is 0.255 e. The van der Waals surface area contributed by atoms with Crippen LogP contribution in [-0.2, 0) is 55.2 Å². The van der Waals surface area contributed by atoms with Crippen molar-refractivity contribution in [3.05, 3.63) is 300 Å². The van der Waals surface area contributed by atoms with Crippen LogP contribution in [0.3, 0.4) is 0 Å². The van der Waals surface area contributed by atoms with Crippen molar-refractivity contribution in [1.82, 2.24) is 75.3 Å². The van der Waals surface area contributed by atoms with Crippen LogP contribution in [0.5, 0.6) is 34.5 Å². The molecule has 0 aliphatic carbocycles. The molecule has 0 saturated heterocycles. The Morgan fingerprint density at radius 3 is 0.960 bits per heavy atom. The van der Waals surface area contributed by atoms with Crippen LogP contribution < -0.4 is 44.4 Å². The van der Waals surface area contributed by atoms with Gasteiger partial charge in [0.25, 0.3) is 35.4 Å². The topological polar surface area (TPSA) is 333 Å². The van der Waals surface area contributed by atoms with E-state index in [1.54, 1.807) is 151 Å². The molecule has 35 heteroatoms. The van der Waals surface area contributed by atoms with E-state index < -0.39 is 0 Å². The van der Waals surface area contributed by atoms with E-state index in [0.29, 0.717) is 86.1 Å². The fourth-order valence-electron chi connectivity index (χ4n) is 13.6. The molecule has 12 aromatic rings. The Balaban J connectivity index is 0.000000162. The molecule has 6 heterocycles. The Morgan fingerprint density at radius 2 is 0.643 bits per heavy atom. The number of methoxy groups -OCH3 is 6. The number of ether oxygens (including phenoxy) is 6. The molecule has 3 aliphatic rings. The highest BCUT2D eigenvalue weighted by Crippen LogP contribution is 2.39. The lowest BCUT2D eigenvalue weighted by atomic mass is 9.98. The van der Waals surface area contributed by atoms with Crippen LogP contribution in [0.4, 0.5) is 0 Å². The van der Waals surface area contributed by atoms with Crippen molar-refractivity contribution in [3.8, 4) is 34.5 Å². The number of carbonyl (C=O) groups excluding carboxylic acids is 6. The fourth-order valence-corrected chi connectivity index (χ4v) is 16.5. The van der Waals surface area contributed by atoms with Crippen LogP contribution in [0, 0.1) is 6.92 Å². The summed E-state index contributed by atoms with van der Waals surface area (Å²) in [7, 11) is 15.0. The average molecular weight is 1880 g/mol. The molecule has 3 unspecified atom stereocenters. The third kappa shape index (κ3) is 22.8. The predicted octanol–water partition coefficient (Wildman–Crippen LogP) is 14.5. The van der Waals surface area contributed by atoms with E-state index in [2.05, 4.69) is 103 Å². The molecular weight excluding hydrogens is 1790 g/mol. The zero-order chi connectivity index (χ0) is 88.9. The molecule has 0 bridgehead atoms. The van der Waals surface area contributed by atoms with Crippen molar-refractivity contribution in [3.63, 3.8) is 0 Å². The van der Waals surface area contributed by atoms with Crippen LogP contribution in [0.2, 0.25) is 0 Å². The molecule has 648 valence electrons. The maximum atomic E-state index is 13.6. The SMILES string of the molecule is COc1ccc(C(=O)NCc2nnc(SCC(=O)N3N=C(c4ccc(Br)cc4)CC3c3ccc(C)cc3)n2C)cc1.COc1ccc(C(=O)NCc2nnc(SCC(=O)N3N=C(c4ccc(OC)cc4)CC3c3ccc(OC)cc3)n2C)cc1.COc1ccc(C2CC(c3ccc(Br)cc3)=NN2C(=O)CSc2nnc(CNC(=O)c3ccccc3OC)n2C)cc1. The average Bonchev–Trinajstić information content (AvgIpc) is 1.66. The molecule has 0 fully saturated rings. The van der Waals surface area contributed by atoms with E-state index in [4.69, 9.17) is 43.7 Å². The summed E-state index contributed by atoms with van der Waals surface area (Å²) in [5.74, 6) is 4.97. The lowest BCUT2D eigenvalue weighted by Crippen LogP contribution is -2.28. The molecular formula is C91H90Br2N18O12S3. The zero-order valence-electron chi connectivity index (χ0n) is 70.5. The maximum Gasteiger partial charge on any atom is 0.255 e. The number of carbonyl (C=O) groups is 6. The van der Waals surface area contributed by atoms with Gasteiger partial charge < -0.3 is 58.1 Å². The highest BCUT2D eigenvalue weighted by atomic mass is 79.9. The predicted molar refractivity (Wildman–Crippen MR) is 488 cm³/mol. The van der Waals surface area contributed by atoms with Gasteiger partial charge in [-0.2, -0.15) is 15.3 Å². The molecule has 3 N–H and O–H groups in total. The Labute approximate surface area is 757 Å². The number of hydrazone groups is 3. The second-order valence-corrected chi connectivity index (χ2v) is 33.3. The third-order valence-electron chi connectivity index (χ3n) is 20.8. The number of aryl methyl sites for hydroxylation is 1. The molecule has 3 aromatic heterocycles. The Morgan fingerprint density at radius 1 is 0.357 bits per heavy atom. The van der Waals surface area contributed by atoms with Gasteiger partial charge in [-0.25, -0.2) is 15.0 Å². The summed E-state index contributed by atoms with van der Waals surface area (Å²) in [6.07, 6.45) is 1.78. The maximum absolute atomic E-state index is 13.6. The number of aromatic nitrogens is 9. The van der Waals surface area contributed by atoms with Crippen LogP contribution in [0.15, 0.2) is 258 Å². The normalized spacial score (nSPS) is 14.4. The minimum atomic E-state index is -0.280. The Bertz CT molecular complexity index is 5930. The molecule has 126 heavy (non-hydrogen) atoms. The van der Waals surface area contributed by atoms with Crippen LogP contribution >= 0.6 is 67.1 Å². The van der Waals surface area contributed by atoms with Crippen molar-refractivity contribution < 1.29 is 57.2 Å². The lowest BCUT2D eigenvalue weighted by molar-refractivity contribution is -0.130. The molecule has 30 nitrogen and oxygen atoms in total. The fraction of sp³-hybridized carbons (Fsp3) is 0.242. The number of para-hydroxylation sites is 1. The van der Waals surface area contributed by atoms with Crippen LogP contribution in [0.25, 0.3) is 0 Å². The second-order valence-electron chi connectivity index (χ2n) is 28.7. The number of hydrogen-bond donors (Lipinski definition) is 3. The summed E-state index contributed by atoms with van der Waals surface area (Å²) in [5.41, 5.74) is 11.0. The van der Waals surface area contributed by atoms with E-state index in [9.17, 15) is 28.8 Å². The summed E-state index contributed by atoms with van der Waals surface area (Å²) in [6.45, 7) is 2.60. The summed E-state index contributed by atoms with van der Waals surface area (Å²) in [4.78, 5) is 78.4. The number of nitrogens with one attached hydrogen (secondary N) is 3. The molecule has 0 saturated carbocycles. The van der Waals surface area contributed by atoms with Gasteiger partial charge in [0.2, 0.25) is 0 Å². The van der Waals surface area contributed by atoms with Gasteiger partial charge in [-0.3, -0.25) is 28.8 Å². The first-order valence-electron chi connectivity index (χ1n) is 39.6. The van der Waals surface area contributed by atoms with E-state index in [1.807, 2.05) is 135 Å². The van der Waals surface area contributed by atoms with Crippen molar-refractivity contribution in [2.75, 3.05) is 59.9 Å². The number of nitrogens with zero attached hydrogens (tertiary/aromatic N) is 15. The lowest BCUT2D eigenvalue weighted by Gasteiger charge is -2.22. The second kappa shape index (κ2) is 43.1. The van der Waals surface area contributed by atoms with Gasteiger partial charge in [0.15, 0.2) is 32.9 Å². The summed E-state index contributed by atoms with van der Waals surface area (Å²) in [6, 6.07) is 67.1. The monoisotopic (exact) mass is 1880 g/mol. The molecule has 3 aliphatic heterocycles. The number of thioether (sulfide) groups is 3. The number of rotatable bonds is 30. The van der Waals surface area contributed by atoms with Crippen LogP contribution in [-0.4, -0.2) is 172 Å². The van der Waals surface area contributed by atoms with Gasteiger partial charge in [0.1, 0.15) is 34.5 Å². The Hall–Kier alpha value is -13.0. The van der Waals surface area contributed by atoms with Gasteiger partial charge in [0, 0.05) is 60.5 Å². The number of halogens is 2. The first-order chi connectivity index (χ1) is 61.1. The first-order valence-corrected chi connectivity index (χ1v) is 44.1. The molecule has 9 aromatic carbocycles. The number of amides is 6. The van der Waals surface area contributed by atoms with Crippen molar-refractivity contribution in [2.45, 2.75) is 79.4 Å². The summed E-state index contributed by atoms with van der Waals surface area (Å²) >= 11 is 10.8. The minimum Gasteiger partial charge on any atom is -0.497 e. The van der Waals surface area contributed by atoms with E-state index >= 15 is 0 Å². The summed E-state index contributed by atoms with van der Waals surface area (Å²) in [5, 5.41) is 54.6. The molecule has 15 rings (SSSR count). The largest absolute Gasteiger partial charge is 0.497 e. The number of benzene rings is 9. The molecule has 0 radical (unpaired) electrons. The van der Waals surface area contributed by atoms with Gasteiger partial charge in [-0.05, 0) is 174 Å². The minimum absolute atomic E-state index is 0.107. The third-order valence-corrected chi connectivity index (χ3v) is 24.8. The molecule has 6 amide bonds. The zero-order valence-corrected chi connectivity index (χ0v) is 76.1. The van der Waals surface area contributed by atoms with E-state index in [-0.39, 0.29) is 90.5 Å².